The number of ether oxygens (including phenoxy) is 2. The lowest BCUT2D eigenvalue weighted by Gasteiger charge is -2.26. The standard InChI is InChI=1S/C14H20N2O2/c1-2-16(12-5-6-15-8-12)9-11-3-4-13-14(7-11)18-10-17-13/h3-4,7,12,15H,2,5-6,8-10H2,1H3. The molecule has 3 rings (SSSR count). The zero-order chi connectivity index (χ0) is 12.4. The Morgan fingerprint density at radius 3 is 3.00 bits per heavy atom. The minimum atomic E-state index is 0.350. The molecular weight excluding hydrogens is 228 g/mol. The van der Waals surface area contributed by atoms with Crippen LogP contribution in [0.3, 0.4) is 0 Å². The first kappa shape index (κ1) is 11.8. The lowest BCUT2D eigenvalue weighted by atomic mass is 10.1. The van der Waals surface area contributed by atoms with Crippen LogP contribution in [0.4, 0.5) is 0 Å². The summed E-state index contributed by atoms with van der Waals surface area (Å²) in [6, 6.07) is 6.92. The van der Waals surface area contributed by atoms with Crippen molar-refractivity contribution >= 4 is 0 Å². The summed E-state index contributed by atoms with van der Waals surface area (Å²) >= 11 is 0. The third-order valence-electron chi connectivity index (χ3n) is 3.78. The van der Waals surface area contributed by atoms with E-state index in [1.54, 1.807) is 0 Å². The lowest BCUT2D eigenvalue weighted by Crippen LogP contribution is -2.36. The zero-order valence-electron chi connectivity index (χ0n) is 10.8. The van der Waals surface area contributed by atoms with E-state index in [1.807, 2.05) is 6.07 Å². The van der Waals surface area contributed by atoms with E-state index >= 15 is 0 Å². The molecule has 2 aliphatic rings. The average Bonchev–Trinajstić information content (AvgIpc) is 3.06. The van der Waals surface area contributed by atoms with Gasteiger partial charge in [0.05, 0.1) is 0 Å². The van der Waals surface area contributed by atoms with E-state index in [1.165, 1.54) is 12.0 Å². The number of rotatable bonds is 4. The molecule has 18 heavy (non-hydrogen) atoms. The van der Waals surface area contributed by atoms with E-state index in [0.29, 0.717) is 12.8 Å². The smallest absolute Gasteiger partial charge is 0.231 e. The van der Waals surface area contributed by atoms with Crippen molar-refractivity contribution in [3.05, 3.63) is 23.8 Å². The Hall–Kier alpha value is -1.26. The van der Waals surface area contributed by atoms with Crippen molar-refractivity contribution < 1.29 is 9.47 Å². The van der Waals surface area contributed by atoms with Crippen LogP contribution in [0.15, 0.2) is 18.2 Å². The third kappa shape index (κ3) is 2.31. The number of hydrogen-bond donors (Lipinski definition) is 1. The van der Waals surface area contributed by atoms with Crippen LogP contribution in [-0.2, 0) is 6.54 Å². The van der Waals surface area contributed by atoms with Gasteiger partial charge < -0.3 is 14.8 Å². The highest BCUT2D eigenvalue weighted by atomic mass is 16.7. The van der Waals surface area contributed by atoms with Gasteiger partial charge in [0.25, 0.3) is 0 Å². The Morgan fingerprint density at radius 1 is 1.33 bits per heavy atom. The fourth-order valence-electron chi connectivity index (χ4n) is 2.72. The second-order valence-corrected chi connectivity index (χ2v) is 4.90. The number of benzene rings is 1. The number of nitrogens with one attached hydrogen (secondary N) is 1. The van der Waals surface area contributed by atoms with Crippen molar-refractivity contribution in [2.24, 2.45) is 0 Å². The molecule has 98 valence electrons. The Balaban J connectivity index is 1.70. The highest BCUT2D eigenvalue weighted by Gasteiger charge is 2.22. The van der Waals surface area contributed by atoms with Crippen molar-refractivity contribution in [3.8, 4) is 11.5 Å². The number of hydrogen-bond acceptors (Lipinski definition) is 4. The molecule has 0 aromatic heterocycles. The molecule has 0 aliphatic carbocycles. The molecule has 0 saturated carbocycles. The van der Waals surface area contributed by atoms with Gasteiger partial charge in [-0.3, -0.25) is 4.90 Å². The summed E-state index contributed by atoms with van der Waals surface area (Å²) in [5, 5.41) is 3.43. The summed E-state index contributed by atoms with van der Waals surface area (Å²) < 4.78 is 10.8. The van der Waals surface area contributed by atoms with E-state index in [0.717, 1.165) is 37.7 Å². The highest BCUT2D eigenvalue weighted by Crippen LogP contribution is 2.33. The Morgan fingerprint density at radius 2 is 2.22 bits per heavy atom. The molecule has 1 fully saturated rings. The summed E-state index contributed by atoms with van der Waals surface area (Å²) in [6.07, 6.45) is 1.25. The fraction of sp³-hybridized carbons (Fsp3) is 0.571. The van der Waals surface area contributed by atoms with Crippen molar-refractivity contribution in [2.45, 2.75) is 25.9 Å². The number of likely N-dealkylation sites (N-methyl/N-ethyl adjacent to an activating group) is 1. The van der Waals surface area contributed by atoms with Gasteiger partial charge in [-0.05, 0) is 37.2 Å². The number of nitrogens with zero attached hydrogens (tertiary/aromatic N) is 1. The van der Waals surface area contributed by atoms with Gasteiger partial charge in [0.1, 0.15) is 0 Å². The monoisotopic (exact) mass is 248 g/mol. The third-order valence-corrected chi connectivity index (χ3v) is 3.78. The minimum absolute atomic E-state index is 0.350. The molecule has 1 atom stereocenters. The van der Waals surface area contributed by atoms with E-state index < -0.39 is 0 Å². The predicted octanol–water partition coefficient (Wildman–Crippen LogP) is 1.60. The topological polar surface area (TPSA) is 33.7 Å². The molecule has 4 heteroatoms. The van der Waals surface area contributed by atoms with Gasteiger partial charge in [-0.25, -0.2) is 0 Å². The predicted molar refractivity (Wildman–Crippen MR) is 69.9 cm³/mol. The van der Waals surface area contributed by atoms with Crippen LogP contribution >= 0.6 is 0 Å². The van der Waals surface area contributed by atoms with Gasteiger partial charge in [-0.2, -0.15) is 0 Å². The summed E-state index contributed by atoms with van der Waals surface area (Å²) in [7, 11) is 0. The van der Waals surface area contributed by atoms with Crippen LogP contribution in [0.5, 0.6) is 11.5 Å². The quantitative estimate of drug-likeness (QED) is 0.877. The van der Waals surface area contributed by atoms with Crippen molar-refractivity contribution in [1.29, 1.82) is 0 Å². The van der Waals surface area contributed by atoms with Gasteiger partial charge in [-0.15, -0.1) is 0 Å². The summed E-state index contributed by atoms with van der Waals surface area (Å²) in [4.78, 5) is 2.53. The SMILES string of the molecule is CCN(Cc1ccc2c(c1)OCO2)C1CCNC1. The Kier molecular flexibility index (Phi) is 3.39. The minimum Gasteiger partial charge on any atom is -0.454 e. The first-order valence-electron chi connectivity index (χ1n) is 6.70. The largest absolute Gasteiger partial charge is 0.454 e. The first-order valence-corrected chi connectivity index (χ1v) is 6.70. The normalized spacial score (nSPS) is 21.8. The molecular formula is C14H20N2O2. The van der Waals surface area contributed by atoms with E-state index in [2.05, 4.69) is 29.3 Å². The van der Waals surface area contributed by atoms with Crippen LogP contribution in [-0.4, -0.2) is 37.4 Å². The molecule has 1 aromatic rings. The maximum Gasteiger partial charge on any atom is 0.231 e. The molecule has 4 nitrogen and oxygen atoms in total. The second-order valence-electron chi connectivity index (χ2n) is 4.90. The molecule has 2 aliphatic heterocycles. The van der Waals surface area contributed by atoms with Crippen LogP contribution in [0.25, 0.3) is 0 Å². The maximum atomic E-state index is 5.43. The summed E-state index contributed by atoms with van der Waals surface area (Å²) in [5.74, 6) is 1.75. The van der Waals surface area contributed by atoms with Crippen LogP contribution < -0.4 is 14.8 Å². The molecule has 0 bridgehead atoms. The number of fused-ring (bicyclic) bond motifs is 1. The molecule has 1 aromatic carbocycles. The van der Waals surface area contributed by atoms with E-state index in [-0.39, 0.29) is 0 Å². The molecule has 1 unspecified atom stereocenters. The summed E-state index contributed by atoms with van der Waals surface area (Å²) in [6.45, 7) is 6.90. The first-order chi connectivity index (χ1) is 8.86. The molecule has 0 radical (unpaired) electrons. The Labute approximate surface area is 108 Å². The van der Waals surface area contributed by atoms with Gasteiger partial charge in [0.15, 0.2) is 11.5 Å². The van der Waals surface area contributed by atoms with E-state index in [4.69, 9.17) is 9.47 Å². The van der Waals surface area contributed by atoms with Crippen LogP contribution in [0, 0.1) is 0 Å². The summed E-state index contributed by atoms with van der Waals surface area (Å²) in [5.41, 5.74) is 1.30. The Bertz CT molecular complexity index is 416. The van der Waals surface area contributed by atoms with Crippen LogP contribution in [0.2, 0.25) is 0 Å². The lowest BCUT2D eigenvalue weighted by molar-refractivity contribution is 0.173. The second kappa shape index (κ2) is 5.16. The van der Waals surface area contributed by atoms with E-state index in [9.17, 15) is 0 Å². The molecule has 0 spiro atoms. The van der Waals surface area contributed by atoms with Gasteiger partial charge >= 0.3 is 0 Å². The zero-order valence-corrected chi connectivity index (χ0v) is 10.8. The maximum absolute atomic E-state index is 5.43. The van der Waals surface area contributed by atoms with Crippen molar-refractivity contribution in [1.82, 2.24) is 10.2 Å². The molecule has 1 N–H and O–H groups in total. The van der Waals surface area contributed by atoms with Gasteiger partial charge in [0.2, 0.25) is 6.79 Å². The molecule has 1 saturated heterocycles. The fourth-order valence-corrected chi connectivity index (χ4v) is 2.72. The van der Waals surface area contributed by atoms with Gasteiger partial charge in [-0.1, -0.05) is 13.0 Å². The molecule has 0 amide bonds. The molecule has 2 heterocycles. The highest BCUT2D eigenvalue weighted by molar-refractivity contribution is 5.44. The van der Waals surface area contributed by atoms with Crippen molar-refractivity contribution in [3.63, 3.8) is 0 Å². The van der Waals surface area contributed by atoms with Crippen molar-refractivity contribution in [2.75, 3.05) is 26.4 Å². The van der Waals surface area contributed by atoms with Crippen LogP contribution in [0.1, 0.15) is 18.9 Å². The average molecular weight is 248 g/mol. The van der Waals surface area contributed by atoms with Gasteiger partial charge in [0, 0.05) is 19.1 Å².